The van der Waals surface area contributed by atoms with E-state index in [1.165, 1.54) is 6.20 Å². The first-order chi connectivity index (χ1) is 9.40. The molecule has 3 rings (SSSR count). The summed E-state index contributed by atoms with van der Waals surface area (Å²) in [5.74, 6) is -0.267. The molecule has 2 fully saturated rings. The lowest BCUT2D eigenvalue weighted by atomic mass is 9.77. The smallest absolute Gasteiger partial charge is 0.353 e. The van der Waals surface area contributed by atoms with Gasteiger partial charge in [0, 0.05) is 0 Å². The van der Waals surface area contributed by atoms with Crippen molar-refractivity contribution in [1.29, 1.82) is 0 Å². The highest BCUT2D eigenvalue weighted by molar-refractivity contribution is 7.89. The standard InChI is InChI=1S/C12H17N3O4S/c16-10(17)9-6-13-11(14-9)12(4-1-5-12)15-20(18,19)7-8-2-3-8/h6,8,15H,1-5,7H2,(H,13,14)(H,16,17). The minimum absolute atomic E-state index is 0.0207. The average molecular weight is 299 g/mol. The second kappa shape index (κ2) is 4.56. The number of carboxylic acids is 1. The molecular weight excluding hydrogens is 282 g/mol. The molecule has 3 N–H and O–H groups in total. The third-order valence-electron chi connectivity index (χ3n) is 3.97. The molecule has 110 valence electrons. The molecule has 0 amide bonds. The molecule has 20 heavy (non-hydrogen) atoms. The molecule has 0 bridgehead atoms. The first-order valence-corrected chi connectivity index (χ1v) is 8.36. The molecule has 0 aromatic carbocycles. The zero-order chi connectivity index (χ0) is 14.4. The Bertz CT molecular complexity index is 629. The zero-order valence-electron chi connectivity index (χ0n) is 10.9. The number of imidazole rings is 1. The van der Waals surface area contributed by atoms with Crippen molar-refractivity contribution in [2.75, 3.05) is 5.75 Å². The second-order valence-corrected chi connectivity index (χ2v) is 7.48. The molecule has 0 atom stereocenters. The summed E-state index contributed by atoms with van der Waals surface area (Å²) in [5.41, 5.74) is -0.769. The van der Waals surface area contributed by atoms with Gasteiger partial charge >= 0.3 is 5.97 Å². The van der Waals surface area contributed by atoms with Gasteiger partial charge in [0.15, 0.2) is 0 Å². The highest BCUT2D eigenvalue weighted by Gasteiger charge is 2.45. The van der Waals surface area contributed by atoms with Gasteiger partial charge in [0.25, 0.3) is 0 Å². The normalized spacial score (nSPS) is 21.4. The summed E-state index contributed by atoms with van der Waals surface area (Å²) < 4.78 is 27.0. The molecule has 2 aliphatic carbocycles. The van der Waals surface area contributed by atoms with Crippen molar-refractivity contribution in [3.8, 4) is 0 Å². The van der Waals surface area contributed by atoms with E-state index in [9.17, 15) is 13.2 Å². The van der Waals surface area contributed by atoms with Gasteiger partial charge in [0.2, 0.25) is 10.0 Å². The molecule has 0 radical (unpaired) electrons. The van der Waals surface area contributed by atoms with Gasteiger partial charge in [-0.3, -0.25) is 0 Å². The summed E-state index contributed by atoms with van der Waals surface area (Å²) in [6.07, 6.45) is 5.35. The van der Waals surface area contributed by atoms with E-state index in [-0.39, 0.29) is 17.4 Å². The number of rotatable bonds is 6. The monoisotopic (exact) mass is 299 g/mol. The van der Waals surface area contributed by atoms with Crippen molar-refractivity contribution < 1.29 is 18.3 Å². The van der Waals surface area contributed by atoms with Gasteiger partial charge in [-0.05, 0) is 38.0 Å². The molecule has 1 aromatic rings. The van der Waals surface area contributed by atoms with Crippen LogP contribution in [0.15, 0.2) is 6.20 Å². The lowest BCUT2D eigenvalue weighted by molar-refractivity contribution is 0.0690. The maximum absolute atomic E-state index is 12.1. The third kappa shape index (κ3) is 2.57. The van der Waals surface area contributed by atoms with Gasteiger partial charge in [0.05, 0.1) is 17.5 Å². The van der Waals surface area contributed by atoms with Gasteiger partial charge in [-0.1, -0.05) is 0 Å². The molecular formula is C12H17N3O4S. The highest BCUT2D eigenvalue weighted by atomic mass is 32.2. The van der Waals surface area contributed by atoms with Crippen LogP contribution < -0.4 is 4.72 Å². The van der Waals surface area contributed by atoms with E-state index in [2.05, 4.69) is 14.7 Å². The number of H-pyrrole nitrogens is 1. The van der Waals surface area contributed by atoms with Crippen molar-refractivity contribution >= 4 is 16.0 Å². The van der Waals surface area contributed by atoms with Gasteiger partial charge in [0.1, 0.15) is 11.5 Å². The molecule has 7 nitrogen and oxygen atoms in total. The summed E-state index contributed by atoms with van der Waals surface area (Å²) in [5, 5.41) is 8.90. The summed E-state index contributed by atoms with van der Waals surface area (Å²) in [7, 11) is -3.35. The van der Waals surface area contributed by atoms with Crippen LogP contribution in [0.3, 0.4) is 0 Å². The van der Waals surface area contributed by atoms with E-state index in [4.69, 9.17) is 5.11 Å². The van der Waals surface area contributed by atoms with E-state index < -0.39 is 21.5 Å². The highest BCUT2D eigenvalue weighted by Crippen LogP contribution is 2.41. The Morgan fingerprint density at radius 2 is 2.20 bits per heavy atom. The number of nitrogens with one attached hydrogen (secondary N) is 2. The maximum atomic E-state index is 12.1. The largest absolute Gasteiger partial charge is 0.477 e. The summed E-state index contributed by atoms with van der Waals surface area (Å²) >= 11 is 0. The van der Waals surface area contributed by atoms with E-state index in [0.717, 1.165) is 19.3 Å². The van der Waals surface area contributed by atoms with Crippen molar-refractivity contribution in [2.24, 2.45) is 5.92 Å². The Morgan fingerprint density at radius 1 is 1.50 bits per heavy atom. The fraction of sp³-hybridized carbons (Fsp3) is 0.667. The van der Waals surface area contributed by atoms with Gasteiger partial charge < -0.3 is 10.1 Å². The summed E-state index contributed by atoms with van der Waals surface area (Å²) in [6, 6.07) is 0. The van der Waals surface area contributed by atoms with Crippen LogP contribution in [0.2, 0.25) is 0 Å². The molecule has 1 aromatic heterocycles. The fourth-order valence-electron chi connectivity index (χ4n) is 2.52. The van der Waals surface area contributed by atoms with Crippen molar-refractivity contribution in [3.05, 3.63) is 17.7 Å². The van der Waals surface area contributed by atoms with Crippen LogP contribution in [-0.2, 0) is 15.6 Å². The number of aromatic amines is 1. The van der Waals surface area contributed by atoms with Crippen molar-refractivity contribution in [3.63, 3.8) is 0 Å². The topological polar surface area (TPSA) is 112 Å². The summed E-state index contributed by atoms with van der Waals surface area (Å²) in [4.78, 5) is 17.6. The minimum atomic E-state index is -3.35. The van der Waals surface area contributed by atoms with E-state index in [1.807, 2.05) is 0 Å². The molecule has 1 heterocycles. The minimum Gasteiger partial charge on any atom is -0.477 e. The van der Waals surface area contributed by atoms with Gasteiger partial charge in [-0.15, -0.1) is 0 Å². The van der Waals surface area contributed by atoms with Crippen LogP contribution in [-0.4, -0.2) is 35.2 Å². The van der Waals surface area contributed by atoms with Crippen LogP contribution in [0.25, 0.3) is 0 Å². The quantitative estimate of drug-likeness (QED) is 0.720. The fourth-order valence-corrected chi connectivity index (χ4v) is 4.46. The Labute approximate surface area is 116 Å². The van der Waals surface area contributed by atoms with E-state index in [0.29, 0.717) is 18.7 Å². The van der Waals surface area contributed by atoms with Crippen LogP contribution in [0.4, 0.5) is 0 Å². The van der Waals surface area contributed by atoms with Crippen LogP contribution >= 0.6 is 0 Å². The van der Waals surface area contributed by atoms with Gasteiger partial charge in [-0.25, -0.2) is 22.9 Å². The first kappa shape index (κ1) is 13.6. The Hall–Kier alpha value is -1.41. The zero-order valence-corrected chi connectivity index (χ0v) is 11.7. The Kier molecular flexibility index (Phi) is 3.09. The lowest BCUT2D eigenvalue weighted by Gasteiger charge is -2.40. The third-order valence-corrected chi connectivity index (χ3v) is 5.58. The summed E-state index contributed by atoms with van der Waals surface area (Å²) in [6.45, 7) is 0. The van der Waals surface area contributed by atoms with Crippen LogP contribution in [0, 0.1) is 5.92 Å². The Balaban J connectivity index is 1.81. The second-order valence-electron chi connectivity index (χ2n) is 5.71. The number of hydrogen-bond acceptors (Lipinski definition) is 4. The van der Waals surface area contributed by atoms with E-state index >= 15 is 0 Å². The SMILES string of the molecule is O=C(O)c1cnc(C2(NS(=O)(=O)CC3CC3)CCC2)[nH]1. The predicted molar refractivity (Wildman–Crippen MR) is 70.7 cm³/mol. The number of aromatic nitrogens is 2. The molecule has 0 saturated heterocycles. The number of carboxylic acid groups (broad SMARTS) is 1. The van der Waals surface area contributed by atoms with Crippen LogP contribution in [0.1, 0.15) is 48.4 Å². The van der Waals surface area contributed by atoms with Crippen LogP contribution in [0.5, 0.6) is 0 Å². The molecule has 0 aliphatic heterocycles. The number of aromatic carboxylic acids is 1. The van der Waals surface area contributed by atoms with Crippen molar-refractivity contribution in [2.45, 2.75) is 37.6 Å². The van der Waals surface area contributed by atoms with E-state index in [1.54, 1.807) is 0 Å². The molecule has 0 spiro atoms. The molecule has 8 heteroatoms. The Morgan fingerprint density at radius 3 is 2.65 bits per heavy atom. The number of sulfonamides is 1. The predicted octanol–water partition coefficient (Wildman–Crippen LogP) is 0.816. The van der Waals surface area contributed by atoms with Gasteiger partial charge in [-0.2, -0.15) is 0 Å². The number of nitrogens with zero attached hydrogens (tertiary/aromatic N) is 1. The molecule has 2 saturated carbocycles. The molecule has 0 unspecified atom stereocenters. The average Bonchev–Trinajstić information content (AvgIpc) is 2.95. The number of carbonyl (C=O) groups is 1. The molecule has 2 aliphatic rings. The first-order valence-electron chi connectivity index (χ1n) is 6.71. The lowest BCUT2D eigenvalue weighted by Crippen LogP contribution is -2.52. The maximum Gasteiger partial charge on any atom is 0.353 e. The number of hydrogen-bond donors (Lipinski definition) is 3. The van der Waals surface area contributed by atoms with Crippen molar-refractivity contribution in [1.82, 2.24) is 14.7 Å².